The summed E-state index contributed by atoms with van der Waals surface area (Å²) >= 11 is 0. The molecule has 0 aromatic carbocycles. The Hall–Kier alpha value is -0.433. The van der Waals surface area contributed by atoms with E-state index in [4.69, 9.17) is 18.0 Å². The maximum atomic E-state index is 11.4. The molecule has 0 heterocycles. The standard InChI is InChI=1S/C11H24O5Si/c1-10(2)9-16-11(12)7-6-8-17(13-3,14-4)15-5/h10H,6-9H2,1-5H3. The molecule has 0 saturated carbocycles. The predicted octanol–water partition coefficient (Wildman–Crippen LogP) is 1.84. The van der Waals surface area contributed by atoms with E-state index in [1.165, 1.54) is 0 Å². The number of rotatable bonds is 9. The van der Waals surface area contributed by atoms with Crippen LogP contribution in [-0.2, 0) is 22.8 Å². The van der Waals surface area contributed by atoms with Gasteiger partial charge < -0.3 is 18.0 Å². The average molecular weight is 264 g/mol. The minimum atomic E-state index is -2.54. The van der Waals surface area contributed by atoms with E-state index in [-0.39, 0.29) is 5.97 Å². The largest absolute Gasteiger partial charge is 0.500 e. The maximum Gasteiger partial charge on any atom is 0.500 e. The van der Waals surface area contributed by atoms with Crippen LogP contribution in [0.25, 0.3) is 0 Å². The van der Waals surface area contributed by atoms with Gasteiger partial charge in [-0.1, -0.05) is 13.8 Å². The summed E-state index contributed by atoms with van der Waals surface area (Å²) in [4.78, 5) is 11.4. The molecule has 5 nitrogen and oxygen atoms in total. The minimum absolute atomic E-state index is 0.176. The van der Waals surface area contributed by atoms with Crippen LogP contribution in [0, 0.1) is 5.92 Å². The number of ether oxygens (including phenoxy) is 1. The molecule has 6 heteroatoms. The van der Waals surface area contributed by atoms with Crippen LogP contribution in [0.5, 0.6) is 0 Å². The van der Waals surface area contributed by atoms with Gasteiger partial charge in [0.05, 0.1) is 6.61 Å². The first-order valence-corrected chi connectivity index (χ1v) is 7.74. The van der Waals surface area contributed by atoms with E-state index >= 15 is 0 Å². The first-order valence-electron chi connectivity index (χ1n) is 5.80. The molecule has 0 bridgehead atoms. The molecule has 0 aliphatic heterocycles. The van der Waals surface area contributed by atoms with Crippen LogP contribution < -0.4 is 0 Å². The molecule has 17 heavy (non-hydrogen) atoms. The van der Waals surface area contributed by atoms with Crippen molar-refractivity contribution in [3.63, 3.8) is 0 Å². The molecule has 0 aromatic heterocycles. The highest BCUT2D eigenvalue weighted by Gasteiger charge is 2.37. The van der Waals surface area contributed by atoms with Crippen molar-refractivity contribution >= 4 is 14.8 Å². The second-order valence-electron chi connectivity index (χ2n) is 4.23. The Morgan fingerprint density at radius 3 is 2.06 bits per heavy atom. The molecule has 0 rings (SSSR count). The molecule has 0 fully saturated rings. The predicted molar refractivity (Wildman–Crippen MR) is 66.6 cm³/mol. The molecule has 0 radical (unpaired) electrons. The third-order valence-electron chi connectivity index (χ3n) is 2.37. The summed E-state index contributed by atoms with van der Waals surface area (Å²) in [6.45, 7) is 4.48. The summed E-state index contributed by atoms with van der Waals surface area (Å²) < 4.78 is 20.8. The van der Waals surface area contributed by atoms with Gasteiger partial charge in [-0.3, -0.25) is 4.79 Å². The smallest absolute Gasteiger partial charge is 0.465 e. The van der Waals surface area contributed by atoms with Gasteiger partial charge in [0.15, 0.2) is 0 Å². The third kappa shape index (κ3) is 6.77. The molecule has 0 atom stereocenters. The molecule has 0 N–H and O–H groups in total. The summed E-state index contributed by atoms with van der Waals surface area (Å²) in [5.41, 5.74) is 0. The van der Waals surface area contributed by atoms with Crippen molar-refractivity contribution in [3.05, 3.63) is 0 Å². The van der Waals surface area contributed by atoms with Gasteiger partial charge in [0.2, 0.25) is 0 Å². The van der Waals surface area contributed by atoms with Crippen LogP contribution in [0.2, 0.25) is 6.04 Å². The molecular formula is C11H24O5Si. The molecule has 0 amide bonds. The summed E-state index contributed by atoms with van der Waals surface area (Å²) in [7, 11) is 2.16. The molecule has 0 spiro atoms. The van der Waals surface area contributed by atoms with E-state index in [1.54, 1.807) is 21.3 Å². The van der Waals surface area contributed by atoms with E-state index in [0.29, 0.717) is 31.4 Å². The molecule has 0 aliphatic rings. The molecule has 0 aromatic rings. The molecular weight excluding hydrogens is 240 g/mol. The van der Waals surface area contributed by atoms with Gasteiger partial charge in [-0.25, -0.2) is 0 Å². The van der Waals surface area contributed by atoms with Crippen molar-refractivity contribution in [1.29, 1.82) is 0 Å². The Balaban J connectivity index is 3.85. The van der Waals surface area contributed by atoms with Crippen molar-refractivity contribution < 1.29 is 22.8 Å². The van der Waals surface area contributed by atoms with Crippen LogP contribution in [0.4, 0.5) is 0 Å². The number of carbonyl (C=O) groups excluding carboxylic acids is 1. The first kappa shape index (κ1) is 16.6. The lowest BCUT2D eigenvalue weighted by Crippen LogP contribution is -2.42. The minimum Gasteiger partial charge on any atom is -0.465 e. The highest BCUT2D eigenvalue weighted by Crippen LogP contribution is 2.16. The van der Waals surface area contributed by atoms with Crippen LogP contribution >= 0.6 is 0 Å². The Bertz CT molecular complexity index is 208. The van der Waals surface area contributed by atoms with Gasteiger partial charge >= 0.3 is 14.8 Å². The van der Waals surface area contributed by atoms with Crippen molar-refractivity contribution in [2.75, 3.05) is 27.9 Å². The third-order valence-corrected chi connectivity index (χ3v) is 5.21. The van der Waals surface area contributed by atoms with Crippen molar-refractivity contribution in [2.45, 2.75) is 32.7 Å². The van der Waals surface area contributed by atoms with E-state index in [9.17, 15) is 4.79 Å². The summed E-state index contributed by atoms with van der Waals surface area (Å²) in [6, 6.07) is 0.618. The van der Waals surface area contributed by atoms with Crippen molar-refractivity contribution in [2.24, 2.45) is 5.92 Å². The Kier molecular flexibility index (Phi) is 8.41. The lowest BCUT2D eigenvalue weighted by molar-refractivity contribution is -0.144. The van der Waals surface area contributed by atoms with Gasteiger partial charge in [-0.15, -0.1) is 0 Å². The van der Waals surface area contributed by atoms with Gasteiger partial charge in [0.25, 0.3) is 0 Å². The van der Waals surface area contributed by atoms with Crippen molar-refractivity contribution in [1.82, 2.24) is 0 Å². The Labute approximate surface area is 105 Å². The number of hydrogen-bond donors (Lipinski definition) is 0. The fraction of sp³-hybridized carbons (Fsp3) is 0.909. The van der Waals surface area contributed by atoms with E-state index in [0.717, 1.165) is 0 Å². The Morgan fingerprint density at radius 1 is 1.12 bits per heavy atom. The lowest BCUT2D eigenvalue weighted by atomic mass is 10.2. The second kappa shape index (κ2) is 8.63. The van der Waals surface area contributed by atoms with Crippen LogP contribution in [0.1, 0.15) is 26.7 Å². The van der Waals surface area contributed by atoms with Crippen LogP contribution in [0.15, 0.2) is 0 Å². The molecule has 0 unspecified atom stereocenters. The normalized spacial score (nSPS) is 11.9. The monoisotopic (exact) mass is 264 g/mol. The number of carbonyl (C=O) groups is 1. The van der Waals surface area contributed by atoms with Gasteiger partial charge in [-0.2, -0.15) is 0 Å². The zero-order valence-corrected chi connectivity index (χ0v) is 12.4. The first-order chi connectivity index (χ1) is 7.99. The summed E-state index contributed by atoms with van der Waals surface area (Å²) in [6.07, 6.45) is 1.02. The molecule has 0 aliphatic carbocycles. The quantitative estimate of drug-likeness (QED) is 0.470. The fourth-order valence-corrected chi connectivity index (χ4v) is 3.06. The maximum absolute atomic E-state index is 11.4. The van der Waals surface area contributed by atoms with Gasteiger partial charge in [0.1, 0.15) is 0 Å². The van der Waals surface area contributed by atoms with Crippen LogP contribution in [-0.4, -0.2) is 42.7 Å². The van der Waals surface area contributed by atoms with E-state index in [1.807, 2.05) is 13.8 Å². The molecule has 102 valence electrons. The van der Waals surface area contributed by atoms with Gasteiger partial charge in [0, 0.05) is 33.8 Å². The van der Waals surface area contributed by atoms with Gasteiger partial charge in [-0.05, 0) is 12.3 Å². The van der Waals surface area contributed by atoms with Crippen LogP contribution in [0.3, 0.4) is 0 Å². The number of esters is 1. The highest BCUT2D eigenvalue weighted by molar-refractivity contribution is 6.60. The zero-order valence-electron chi connectivity index (χ0n) is 11.4. The van der Waals surface area contributed by atoms with E-state index < -0.39 is 8.80 Å². The molecule has 0 saturated heterocycles. The fourth-order valence-electron chi connectivity index (χ4n) is 1.34. The SMILES string of the molecule is CO[Si](CCCC(=O)OCC(C)C)(OC)OC. The summed E-state index contributed by atoms with van der Waals surface area (Å²) in [5, 5.41) is 0. The van der Waals surface area contributed by atoms with Crippen molar-refractivity contribution in [3.8, 4) is 0 Å². The lowest BCUT2D eigenvalue weighted by Gasteiger charge is -2.23. The topological polar surface area (TPSA) is 54.0 Å². The summed E-state index contributed by atoms with van der Waals surface area (Å²) in [5.74, 6) is 0.189. The highest BCUT2D eigenvalue weighted by atomic mass is 28.4. The Morgan fingerprint density at radius 2 is 1.65 bits per heavy atom. The second-order valence-corrected chi connectivity index (χ2v) is 7.32. The number of hydrogen-bond acceptors (Lipinski definition) is 5. The zero-order chi connectivity index (χ0) is 13.3. The van der Waals surface area contributed by atoms with E-state index in [2.05, 4.69) is 0 Å². The average Bonchev–Trinajstić information content (AvgIpc) is 2.33.